The molecule has 0 heterocycles. The molecule has 1 aromatic rings. The van der Waals surface area contributed by atoms with Crippen LogP contribution in [0.5, 0.6) is 5.75 Å². The highest BCUT2D eigenvalue weighted by Crippen LogP contribution is 2.27. The quantitative estimate of drug-likeness (QED) is 0.784. The molecule has 0 bridgehead atoms. The van der Waals surface area contributed by atoms with E-state index < -0.39 is 0 Å². The van der Waals surface area contributed by atoms with E-state index in [0.29, 0.717) is 0 Å². The molecule has 118 valence electrons. The third kappa shape index (κ3) is 4.46. The maximum atomic E-state index is 12.0. The van der Waals surface area contributed by atoms with Crippen LogP contribution in [0.2, 0.25) is 0 Å². The number of methoxy groups -OCH3 is 2. The third-order valence-corrected chi connectivity index (χ3v) is 3.95. The summed E-state index contributed by atoms with van der Waals surface area (Å²) in [5.74, 6) is 0.821. The molecule has 0 amide bonds. The molecule has 1 aromatic carbocycles. The molecular weight excluding hydrogens is 266 g/mol. The standard InChI is InChI=1S/C17H27NO3/c1-7-12(3)16(17(19)21-6)18-13(4)14-9-8-11(2)10-15(14)20-5/h8-10,12-13,16,18H,7H2,1-6H3. The Morgan fingerprint density at radius 2 is 1.95 bits per heavy atom. The lowest BCUT2D eigenvalue weighted by Crippen LogP contribution is -2.43. The van der Waals surface area contributed by atoms with Crippen LogP contribution in [0.1, 0.15) is 44.4 Å². The molecule has 3 atom stereocenters. The van der Waals surface area contributed by atoms with Gasteiger partial charge < -0.3 is 9.47 Å². The van der Waals surface area contributed by atoms with Crippen molar-refractivity contribution in [1.29, 1.82) is 0 Å². The summed E-state index contributed by atoms with van der Waals surface area (Å²) in [6.45, 7) is 8.18. The second-order valence-electron chi connectivity index (χ2n) is 5.52. The topological polar surface area (TPSA) is 47.6 Å². The first-order valence-electron chi connectivity index (χ1n) is 7.42. The largest absolute Gasteiger partial charge is 0.496 e. The average molecular weight is 293 g/mol. The summed E-state index contributed by atoms with van der Waals surface area (Å²) < 4.78 is 10.4. The number of hydrogen-bond acceptors (Lipinski definition) is 4. The van der Waals surface area contributed by atoms with Crippen LogP contribution < -0.4 is 10.1 Å². The molecule has 0 aliphatic rings. The molecule has 21 heavy (non-hydrogen) atoms. The third-order valence-electron chi connectivity index (χ3n) is 3.95. The smallest absolute Gasteiger partial charge is 0.323 e. The van der Waals surface area contributed by atoms with E-state index in [1.54, 1.807) is 7.11 Å². The second kappa shape index (κ2) is 8.03. The zero-order valence-corrected chi connectivity index (χ0v) is 13.9. The van der Waals surface area contributed by atoms with Gasteiger partial charge in [0, 0.05) is 11.6 Å². The number of hydrogen-bond donors (Lipinski definition) is 1. The Balaban J connectivity index is 2.96. The van der Waals surface area contributed by atoms with Gasteiger partial charge in [0.2, 0.25) is 0 Å². The minimum atomic E-state index is -0.319. The lowest BCUT2D eigenvalue weighted by Gasteiger charge is -2.26. The minimum Gasteiger partial charge on any atom is -0.496 e. The summed E-state index contributed by atoms with van der Waals surface area (Å²) in [5.41, 5.74) is 2.19. The highest BCUT2D eigenvalue weighted by atomic mass is 16.5. The van der Waals surface area contributed by atoms with Gasteiger partial charge in [0.25, 0.3) is 0 Å². The summed E-state index contributed by atoms with van der Waals surface area (Å²) >= 11 is 0. The van der Waals surface area contributed by atoms with Crippen molar-refractivity contribution in [1.82, 2.24) is 5.32 Å². The zero-order valence-electron chi connectivity index (χ0n) is 13.9. The Hall–Kier alpha value is -1.55. The summed E-state index contributed by atoms with van der Waals surface area (Å²) in [5, 5.41) is 3.37. The first-order chi connectivity index (χ1) is 9.94. The number of benzene rings is 1. The molecule has 1 N–H and O–H groups in total. The van der Waals surface area contributed by atoms with Crippen LogP contribution in [-0.2, 0) is 9.53 Å². The summed E-state index contributed by atoms with van der Waals surface area (Å²) in [6, 6.07) is 5.77. The fraction of sp³-hybridized carbons (Fsp3) is 0.588. The molecule has 1 rings (SSSR count). The van der Waals surface area contributed by atoms with Gasteiger partial charge >= 0.3 is 5.97 Å². The van der Waals surface area contributed by atoms with E-state index in [0.717, 1.165) is 23.3 Å². The van der Waals surface area contributed by atoms with Crippen molar-refractivity contribution in [3.8, 4) is 5.75 Å². The van der Waals surface area contributed by atoms with E-state index in [4.69, 9.17) is 9.47 Å². The van der Waals surface area contributed by atoms with Crippen LogP contribution in [0.4, 0.5) is 0 Å². The van der Waals surface area contributed by atoms with Gasteiger partial charge in [-0.1, -0.05) is 32.4 Å². The normalized spacial score (nSPS) is 15.1. The van der Waals surface area contributed by atoms with E-state index in [1.807, 2.05) is 39.0 Å². The van der Waals surface area contributed by atoms with E-state index >= 15 is 0 Å². The summed E-state index contributed by atoms with van der Waals surface area (Å²) in [4.78, 5) is 12.0. The first-order valence-corrected chi connectivity index (χ1v) is 7.42. The van der Waals surface area contributed by atoms with Gasteiger partial charge in [0.15, 0.2) is 0 Å². The van der Waals surface area contributed by atoms with Gasteiger partial charge in [0.05, 0.1) is 14.2 Å². The molecule has 0 aliphatic carbocycles. The molecule has 0 saturated carbocycles. The fourth-order valence-corrected chi connectivity index (χ4v) is 2.36. The van der Waals surface area contributed by atoms with E-state index in [2.05, 4.69) is 12.2 Å². The van der Waals surface area contributed by atoms with Crippen LogP contribution in [0.15, 0.2) is 18.2 Å². The van der Waals surface area contributed by atoms with Crippen molar-refractivity contribution in [3.05, 3.63) is 29.3 Å². The van der Waals surface area contributed by atoms with Crippen LogP contribution in [0.3, 0.4) is 0 Å². The number of carbonyl (C=O) groups is 1. The summed E-state index contributed by atoms with van der Waals surface area (Å²) in [6.07, 6.45) is 0.907. The number of aryl methyl sites for hydroxylation is 1. The number of rotatable bonds is 7. The highest BCUT2D eigenvalue weighted by Gasteiger charge is 2.27. The Morgan fingerprint density at radius 1 is 1.29 bits per heavy atom. The van der Waals surface area contributed by atoms with Crippen molar-refractivity contribution >= 4 is 5.97 Å². The monoisotopic (exact) mass is 293 g/mol. The lowest BCUT2D eigenvalue weighted by atomic mass is 9.96. The molecule has 0 aliphatic heterocycles. The van der Waals surface area contributed by atoms with Gasteiger partial charge in [-0.2, -0.15) is 0 Å². The highest BCUT2D eigenvalue weighted by molar-refractivity contribution is 5.76. The lowest BCUT2D eigenvalue weighted by molar-refractivity contribution is -0.144. The van der Waals surface area contributed by atoms with Crippen molar-refractivity contribution in [2.45, 2.75) is 46.2 Å². The van der Waals surface area contributed by atoms with E-state index in [9.17, 15) is 4.79 Å². The van der Waals surface area contributed by atoms with Gasteiger partial charge in [-0.05, 0) is 31.4 Å². The second-order valence-corrected chi connectivity index (χ2v) is 5.52. The van der Waals surface area contributed by atoms with Crippen LogP contribution >= 0.6 is 0 Å². The van der Waals surface area contributed by atoms with Gasteiger partial charge in [0.1, 0.15) is 11.8 Å². The molecule has 4 heteroatoms. The zero-order chi connectivity index (χ0) is 16.0. The van der Waals surface area contributed by atoms with Crippen molar-refractivity contribution in [3.63, 3.8) is 0 Å². The molecule has 0 radical (unpaired) electrons. The summed E-state index contributed by atoms with van der Waals surface area (Å²) in [7, 11) is 3.09. The molecule has 0 aromatic heterocycles. The maximum absolute atomic E-state index is 12.0. The first kappa shape index (κ1) is 17.5. The Morgan fingerprint density at radius 3 is 2.48 bits per heavy atom. The predicted octanol–water partition coefficient (Wildman–Crippen LogP) is 3.24. The Bertz CT molecular complexity index is 473. The number of ether oxygens (including phenoxy) is 2. The molecule has 3 unspecified atom stereocenters. The molecule has 0 spiro atoms. The predicted molar refractivity (Wildman–Crippen MR) is 84.5 cm³/mol. The minimum absolute atomic E-state index is 0.00125. The molecule has 0 fully saturated rings. The SMILES string of the molecule is CCC(C)C(NC(C)c1ccc(C)cc1OC)C(=O)OC. The number of carbonyl (C=O) groups excluding carboxylic acids is 1. The number of esters is 1. The van der Waals surface area contributed by atoms with Crippen molar-refractivity contribution in [2.24, 2.45) is 5.92 Å². The van der Waals surface area contributed by atoms with E-state index in [1.165, 1.54) is 7.11 Å². The average Bonchev–Trinajstić information content (AvgIpc) is 2.50. The molecule has 0 saturated heterocycles. The van der Waals surface area contributed by atoms with Crippen molar-refractivity contribution < 1.29 is 14.3 Å². The molecule has 4 nitrogen and oxygen atoms in total. The van der Waals surface area contributed by atoms with Gasteiger partial charge in [-0.25, -0.2) is 0 Å². The van der Waals surface area contributed by atoms with Crippen molar-refractivity contribution in [2.75, 3.05) is 14.2 Å². The number of nitrogens with one attached hydrogen (secondary N) is 1. The van der Waals surface area contributed by atoms with Crippen LogP contribution in [-0.4, -0.2) is 26.2 Å². The fourth-order valence-electron chi connectivity index (χ4n) is 2.36. The Kier molecular flexibility index (Phi) is 6.69. The van der Waals surface area contributed by atoms with Gasteiger partial charge in [-0.3, -0.25) is 10.1 Å². The van der Waals surface area contributed by atoms with E-state index in [-0.39, 0.29) is 24.0 Å². The molecular formula is C17H27NO3. The van der Waals surface area contributed by atoms with Crippen LogP contribution in [0.25, 0.3) is 0 Å². The maximum Gasteiger partial charge on any atom is 0.323 e. The van der Waals surface area contributed by atoms with Crippen LogP contribution in [0, 0.1) is 12.8 Å². The Labute approximate surface area is 127 Å². The van der Waals surface area contributed by atoms with Gasteiger partial charge in [-0.15, -0.1) is 0 Å².